The zero-order valence-corrected chi connectivity index (χ0v) is 42.8. The Morgan fingerprint density at radius 1 is 0.915 bits per heavy atom. The Morgan fingerprint density at radius 2 is 1.61 bits per heavy atom. The van der Waals surface area contributed by atoms with Gasteiger partial charge in [-0.2, -0.15) is 5.26 Å². The number of nitrogens with one attached hydrogen (secondary N) is 3. The second-order valence-electron chi connectivity index (χ2n) is 20.5. The van der Waals surface area contributed by atoms with E-state index in [0.717, 1.165) is 16.1 Å². The molecular weight excluding hydrogens is 944 g/mol. The van der Waals surface area contributed by atoms with Crippen molar-refractivity contribution in [3.8, 4) is 33.9 Å². The van der Waals surface area contributed by atoms with Crippen LogP contribution in [0.2, 0.25) is 5.02 Å². The molecule has 1 saturated carbocycles. The first-order valence-electron chi connectivity index (χ1n) is 23.4. The van der Waals surface area contributed by atoms with Gasteiger partial charge in [0.2, 0.25) is 23.6 Å². The van der Waals surface area contributed by atoms with Crippen molar-refractivity contribution in [2.45, 2.75) is 118 Å². The van der Waals surface area contributed by atoms with Crippen molar-refractivity contribution in [3.63, 3.8) is 0 Å². The average Bonchev–Trinajstić information content (AvgIpc) is 3.95. The van der Waals surface area contributed by atoms with Crippen LogP contribution in [0.4, 0.5) is 0 Å². The molecule has 3 aromatic heterocycles. The standard InChI is InChI=1S/C53H59ClN8O8S/c1-29(39-18-13-33(25-56-39)44-30(2)58-28-71-44)59-47(67)40-22-35(63)27-62(40)48(68)45(51(3,4)5)60-42(65)20-19-41(64)31-10-15-36(16-11-31)69-43-21-14-34(26-57-43)46(66)61-49-52(6,7)50(53(49,8)9)70-37-17-12-32(24-55)38(54)23-37/h10-18,21,23,25-26,28-29,35,40,45,49-50,63H,19-20,22,27H2,1-9H3,(H,59,67)(H,60,65)(H,61,66)/t29-,35+,40-,45+,49?,50?/m0/s1. The molecule has 7 rings (SSSR count). The molecule has 16 nitrogen and oxygen atoms in total. The van der Waals surface area contributed by atoms with E-state index in [9.17, 15) is 34.3 Å². The smallest absolute Gasteiger partial charge is 0.253 e. The molecule has 0 bridgehead atoms. The molecule has 4 heterocycles. The van der Waals surface area contributed by atoms with Crippen molar-refractivity contribution >= 4 is 52.3 Å². The van der Waals surface area contributed by atoms with Crippen molar-refractivity contribution < 1.29 is 38.6 Å². The molecule has 4 atom stereocenters. The van der Waals surface area contributed by atoms with Crippen LogP contribution in [0, 0.1) is 34.5 Å². The number of rotatable bonds is 16. The third kappa shape index (κ3) is 11.6. The fourth-order valence-corrected chi connectivity index (χ4v) is 10.7. The van der Waals surface area contributed by atoms with Crippen LogP contribution in [0.15, 0.2) is 84.6 Å². The summed E-state index contributed by atoms with van der Waals surface area (Å²) < 4.78 is 12.2. The maximum Gasteiger partial charge on any atom is 0.253 e. The number of Topliss-reactive ketones (excluding diaryl/α,β-unsaturated/α-hetero) is 1. The fraction of sp³-hybridized carbons (Fsp3) is 0.415. The normalized spacial score (nSPS) is 19.8. The van der Waals surface area contributed by atoms with E-state index in [-0.39, 0.29) is 55.5 Å². The molecule has 0 spiro atoms. The highest BCUT2D eigenvalue weighted by molar-refractivity contribution is 7.13. The number of aryl methyl sites for hydroxylation is 1. The number of β-amino-alcohol motifs (C(OH)–C–C–N with tert-alkyl or cyclic N) is 1. The van der Waals surface area contributed by atoms with Gasteiger partial charge in [0.1, 0.15) is 35.8 Å². The van der Waals surface area contributed by atoms with Crippen LogP contribution in [0.25, 0.3) is 10.4 Å². The van der Waals surface area contributed by atoms with E-state index in [2.05, 4.69) is 30.9 Å². The Hall–Kier alpha value is -6.74. The largest absolute Gasteiger partial charge is 0.489 e. The predicted molar refractivity (Wildman–Crippen MR) is 268 cm³/mol. The van der Waals surface area contributed by atoms with Gasteiger partial charge in [-0.3, -0.25) is 29.0 Å². The molecule has 0 radical (unpaired) electrons. The van der Waals surface area contributed by atoms with E-state index in [1.165, 1.54) is 22.4 Å². The Bertz CT molecular complexity index is 2820. The number of likely N-dealkylation sites (tertiary alicyclic amines) is 1. The number of nitriles is 1. The number of pyridine rings is 2. The highest BCUT2D eigenvalue weighted by atomic mass is 35.5. The molecule has 2 aromatic carbocycles. The molecule has 5 aromatic rings. The lowest BCUT2D eigenvalue weighted by Gasteiger charge is -2.63. The number of carbonyl (C=O) groups excluding carboxylic acids is 5. The van der Waals surface area contributed by atoms with Crippen molar-refractivity contribution in [1.82, 2.24) is 35.8 Å². The second-order valence-corrected chi connectivity index (χ2v) is 21.7. The van der Waals surface area contributed by atoms with Crippen LogP contribution < -0.4 is 25.4 Å². The minimum atomic E-state index is -1.06. The number of amides is 4. The van der Waals surface area contributed by atoms with Gasteiger partial charge in [-0.25, -0.2) is 9.97 Å². The summed E-state index contributed by atoms with van der Waals surface area (Å²) in [5, 5.41) is 29.1. The minimum absolute atomic E-state index is 0.0309. The van der Waals surface area contributed by atoms with Gasteiger partial charge in [-0.15, -0.1) is 11.3 Å². The summed E-state index contributed by atoms with van der Waals surface area (Å²) in [5.74, 6) is -0.927. The van der Waals surface area contributed by atoms with Gasteiger partial charge in [0.25, 0.3) is 5.91 Å². The van der Waals surface area contributed by atoms with Gasteiger partial charge >= 0.3 is 0 Å². The van der Waals surface area contributed by atoms with Gasteiger partial charge < -0.3 is 35.4 Å². The Kier molecular flexibility index (Phi) is 15.4. The van der Waals surface area contributed by atoms with Crippen LogP contribution in [0.5, 0.6) is 17.4 Å². The molecule has 2 aliphatic rings. The van der Waals surface area contributed by atoms with Gasteiger partial charge in [-0.05, 0) is 67.8 Å². The lowest BCUT2D eigenvalue weighted by atomic mass is 9.49. The van der Waals surface area contributed by atoms with Gasteiger partial charge in [0.15, 0.2) is 5.78 Å². The van der Waals surface area contributed by atoms with Gasteiger partial charge in [-0.1, -0.05) is 66.1 Å². The number of nitrogens with zero attached hydrogens (tertiary/aromatic N) is 5. The number of hydrogen-bond acceptors (Lipinski definition) is 13. The number of aromatic nitrogens is 3. The Balaban J connectivity index is 0.884. The first-order valence-corrected chi connectivity index (χ1v) is 24.6. The van der Waals surface area contributed by atoms with Crippen molar-refractivity contribution in [1.29, 1.82) is 5.26 Å². The summed E-state index contributed by atoms with van der Waals surface area (Å²) in [6.45, 7) is 17.1. The third-order valence-electron chi connectivity index (χ3n) is 13.3. The van der Waals surface area contributed by atoms with Crippen molar-refractivity contribution in [3.05, 3.63) is 118 Å². The number of benzene rings is 2. The molecule has 0 unspecified atom stereocenters. The van der Waals surface area contributed by atoms with Crippen LogP contribution >= 0.6 is 22.9 Å². The van der Waals surface area contributed by atoms with Crippen LogP contribution in [0.1, 0.15) is 118 Å². The quantitative estimate of drug-likeness (QED) is 0.0687. The molecule has 4 amide bonds. The number of carbonyl (C=O) groups is 5. The number of aliphatic hydroxyl groups is 1. The molecule has 1 saturated heterocycles. The van der Waals surface area contributed by atoms with E-state index in [0.29, 0.717) is 38.9 Å². The van der Waals surface area contributed by atoms with Crippen molar-refractivity contribution in [2.24, 2.45) is 16.2 Å². The maximum atomic E-state index is 14.2. The predicted octanol–water partition coefficient (Wildman–Crippen LogP) is 8.17. The lowest BCUT2D eigenvalue weighted by Crippen LogP contribution is -2.74. The summed E-state index contributed by atoms with van der Waals surface area (Å²) >= 11 is 7.75. The second kappa shape index (κ2) is 20.9. The van der Waals surface area contributed by atoms with Gasteiger partial charge in [0, 0.05) is 78.3 Å². The molecule has 1 aliphatic heterocycles. The molecule has 1 aliphatic carbocycles. The number of ether oxygens (including phenoxy) is 2. The number of thiazole rings is 1. The van der Waals surface area contributed by atoms with E-state index >= 15 is 0 Å². The van der Waals surface area contributed by atoms with E-state index in [1.54, 1.807) is 94.0 Å². The molecule has 18 heteroatoms. The van der Waals surface area contributed by atoms with Crippen LogP contribution in [-0.4, -0.2) is 91.2 Å². The van der Waals surface area contributed by atoms with E-state index < -0.39 is 58.2 Å². The average molecular weight is 1000 g/mol. The highest BCUT2D eigenvalue weighted by Crippen LogP contribution is 2.55. The summed E-state index contributed by atoms with van der Waals surface area (Å²) in [6, 6.07) is 17.5. The first kappa shape index (κ1) is 52.1. The fourth-order valence-electron chi connectivity index (χ4n) is 9.70. The number of halogens is 1. The Labute approximate surface area is 422 Å². The van der Waals surface area contributed by atoms with E-state index in [4.69, 9.17) is 21.1 Å². The maximum absolute atomic E-state index is 14.2. The molecule has 71 heavy (non-hydrogen) atoms. The molecule has 4 N–H and O–H groups in total. The number of hydrogen-bond donors (Lipinski definition) is 4. The molecule has 2 fully saturated rings. The Morgan fingerprint density at radius 3 is 2.20 bits per heavy atom. The summed E-state index contributed by atoms with van der Waals surface area (Å²) in [4.78, 5) is 83.4. The number of ketones is 1. The van der Waals surface area contributed by atoms with Crippen LogP contribution in [-0.2, 0) is 14.4 Å². The monoisotopic (exact) mass is 1000 g/mol. The zero-order chi connectivity index (χ0) is 51.6. The lowest BCUT2D eigenvalue weighted by molar-refractivity contribution is -0.164. The topological polar surface area (TPSA) is 226 Å². The first-order chi connectivity index (χ1) is 33.5. The SMILES string of the molecule is Cc1ncsc1-c1ccc([C@H](C)NC(=O)[C@@H]2C[C@@H](O)CN2C(=O)[C@@H](NC(=O)CCC(=O)c2ccc(Oc3ccc(C(=O)NC4C(C)(C)C(Oc5ccc(C#N)c(Cl)c5)C4(C)C)cn3)cc2)C(C)(C)C)nc1. The highest BCUT2D eigenvalue weighted by Gasteiger charge is 2.64. The van der Waals surface area contributed by atoms with Gasteiger partial charge in [0.05, 0.1) is 50.1 Å². The summed E-state index contributed by atoms with van der Waals surface area (Å²) in [7, 11) is 0. The molecule has 372 valence electrons. The third-order valence-corrected chi connectivity index (χ3v) is 14.6. The minimum Gasteiger partial charge on any atom is -0.489 e. The number of aliphatic hydroxyl groups excluding tert-OH is 1. The zero-order valence-electron chi connectivity index (χ0n) is 41.2. The van der Waals surface area contributed by atoms with Crippen LogP contribution in [0.3, 0.4) is 0 Å². The van der Waals surface area contributed by atoms with Crippen molar-refractivity contribution in [2.75, 3.05) is 6.54 Å². The summed E-state index contributed by atoms with van der Waals surface area (Å²) in [6.07, 6.45) is 1.65. The summed E-state index contributed by atoms with van der Waals surface area (Å²) in [5.41, 5.74) is 3.58. The van der Waals surface area contributed by atoms with E-state index in [1.807, 2.05) is 52.8 Å². The molecular formula is C53H59ClN8O8S.